The van der Waals surface area contributed by atoms with Crippen LogP contribution >= 0.6 is 0 Å². The number of amides is 1. The molecule has 0 bridgehead atoms. The quantitative estimate of drug-likeness (QED) is 0.743. The molecule has 0 aromatic heterocycles. The van der Waals surface area contributed by atoms with Crippen molar-refractivity contribution in [3.63, 3.8) is 0 Å². The summed E-state index contributed by atoms with van der Waals surface area (Å²) < 4.78 is 5.81. The summed E-state index contributed by atoms with van der Waals surface area (Å²) in [6.07, 6.45) is 2.29. The lowest BCUT2D eigenvalue weighted by molar-refractivity contribution is -0.127. The molecule has 0 aliphatic carbocycles. The molecule has 0 saturated heterocycles. The average Bonchev–Trinajstić information content (AvgIpc) is 2.60. The van der Waals surface area contributed by atoms with Crippen LogP contribution in [0.4, 0.5) is 0 Å². The second-order valence-corrected chi connectivity index (χ2v) is 6.10. The van der Waals surface area contributed by atoms with Crippen LogP contribution in [0.1, 0.15) is 37.0 Å². The Bertz CT molecular complexity index is 649. The highest BCUT2D eigenvalue weighted by Crippen LogP contribution is 2.19. The zero-order chi connectivity index (χ0) is 17.4. The molecule has 1 N–H and O–H groups in total. The molecule has 2 rings (SSSR count). The van der Waals surface area contributed by atoms with Gasteiger partial charge in [-0.05, 0) is 50.3 Å². The summed E-state index contributed by atoms with van der Waals surface area (Å²) in [6, 6.07) is 16.4. The Morgan fingerprint density at radius 2 is 1.83 bits per heavy atom. The van der Waals surface area contributed by atoms with Crippen molar-refractivity contribution in [2.45, 2.75) is 46.1 Å². The summed E-state index contributed by atoms with van der Waals surface area (Å²) in [7, 11) is 0. The van der Waals surface area contributed by atoms with Crippen LogP contribution in [0, 0.1) is 6.92 Å². The Balaban J connectivity index is 1.74. The molecule has 0 saturated carbocycles. The van der Waals surface area contributed by atoms with Crippen LogP contribution in [-0.2, 0) is 17.6 Å². The van der Waals surface area contributed by atoms with Crippen molar-refractivity contribution in [3.05, 3.63) is 65.2 Å². The summed E-state index contributed by atoms with van der Waals surface area (Å²) in [4.78, 5) is 12.2. The van der Waals surface area contributed by atoms with Crippen molar-refractivity contribution in [1.29, 1.82) is 0 Å². The average molecular weight is 325 g/mol. The standard InChI is InChI=1S/C21H27NO2/c1-4-19-9-5-6-10-20(19)24-17(3)21(23)22-15-7-8-18-13-11-16(2)12-14-18/h5-6,9-14,17H,4,7-8,15H2,1-3H3,(H,22,23)/t17-/m1/s1. The second-order valence-electron chi connectivity index (χ2n) is 6.10. The number of para-hydroxylation sites is 1. The number of ether oxygens (including phenoxy) is 1. The van der Waals surface area contributed by atoms with Crippen LogP contribution < -0.4 is 10.1 Å². The third-order valence-electron chi connectivity index (χ3n) is 4.09. The number of benzene rings is 2. The molecule has 0 fully saturated rings. The fourth-order valence-electron chi connectivity index (χ4n) is 2.56. The van der Waals surface area contributed by atoms with Crippen molar-refractivity contribution in [1.82, 2.24) is 5.32 Å². The summed E-state index contributed by atoms with van der Waals surface area (Å²) in [5, 5.41) is 2.96. The van der Waals surface area contributed by atoms with Crippen molar-refractivity contribution >= 4 is 5.91 Å². The molecule has 1 amide bonds. The van der Waals surface area contributed by atoms with Crippen molar-refractivity contribution < 1.29 is 9.53 Å². The Hall–Kier alpha value is -2.29. The monoisotopic (exact) mass is 325 g/mol. The highest BCUT2D eigenvalue weighted by Gasteiger charge is 2.15. The van der Waals surface area contributed by atoms with Gasteiger partial charge in [-0.25, -0.2) is 0 Å². The largest absolute Gasteiger partial charge is 0.481 e. The van der Waals surface area contributed by atoms with Crippen LogP contribution in [0.5, 0.6) is 5.75 Å². The molecule has 0 radical (unpaired) electrons. The van der Waals surface area contributed by atoms with E-state index in [1.807, 2.05) is 24.3 Å². The molecule has 128 valence electrons. The normalized spacial score (nSPS) is 11.8. The van der Waals surface area contributed by atoms with E-state index in [9.17, 15) is 4.79 Å². The summed E-state index contributed by atoms with van der Waals surface area (Å²) >= 11 is 0. The minimum absolute atomic E-state index is 0.0650. The van der Waals surface area contributed by atoms with Gasteiger partial charge in [0.2, 0.25) is 0 Å². The Morgan fingerprint density at radius 3 is 2.54 bits per heavy atom. The molecule has 3 heteroatoms. The molecule has 1 atom stereocenters. The molecule has 0 aliphatic rings. The number of carbonyl (C=O) groups is 1. The van der Waals surface area contributed by atoms with Gasteiger partial charge in [0.05, 0.1) is 0 Å². The first kappa shape index (κ1) is 18.1. The third-order valence-corrected chi connectivity index (χ3v) is 4.09. The smallest absolute Gasteiger partial charge is 0.260 e. The lowest BCUT2D eigenvalue weighted by Crippen LogP contribution is -2.37. The molecule has 0 heterocycles. The number of hydrogen-bond acceptors (Lipinski definition) is 2. The molecule has 2 aromatic rings. The van der Waals surface area contributed by atoms with Gasteiger partial charge in [0.25, 0.3) is 5.91 Å². The maximum atomic E-state index is 12.2. The van der Waals surface area contributed by atoms with Crippen LogP contribution in [0.25, 0.3) is 0 Å². The highest BCUT2D eigenvalue weighted by atomic mass is 16.5. The van der Waals surface area contributed by atoms with E-state index >= 15 is 0 Å². The first-order chi connectivity index (χ1) is 11.6. The maximum absolute atomic E-state index is 12.2. The number of nitrogens with one attached hydrogen (secondary N) is 1. The van der Waals surface area contributed by atoms with Gasteiger partial charge < -0.3 is 10.1 Å². The van der Waals surface area contributed by atoms with Gasteiger partial charge in [-0.2, -0.15) is 0 Å². The highest BCUT2D eigenvalue weighted by molar-refractivity contribution is 5.80. The summed E-state index contributed by atoms with van der Waals surface area (Å²) in [5.74, 6) is 0.729. The maximum Gasteiger partial charge on any atom is 0.260 e. The molecule has 24 heavy (non-hydrogen) atoms. The first-order valence-corrected chi connectivity index (χ1v) is 8.68. The molecule has 0 unspecified atom stereocenters. The summed E-state index contributed by atoms with van der Waals surface area (Å²) in [6.45, 7) is 6.62. The van der Waals surface area contributed by atoms with Crippen LogP contribution in [0.15, 0.2) is 48.5 Å². The lowest BCUT2D eigenvalue weighted by Gasteiger charge is -2.16. The minimum Gasteiger partial charge on any atom is -0.481 e. The van der Waals surface area contributed by atoms with Gasteiger partial charge in [-0.15, -0.1) is 0 Å². The fraction of sp³-hybridized carbons (Fsp3) is 0.381. The van der Waals surface area contributed by atoms with Crippen molar-refractivity contribution in [2.75, 3.05) is 6.54 Å². The van der Waals surface area contributed by atoms with Gasteiger partial charge in [0.1, 0.15) is 5.75 Å². The molecular formula is C21H27NO2. The van der Waals surface area contributed by atoms with E-state index in [-0.39, 0.29) is 5.91 Å². The first-order valence-electron chi connectivity index (χ1n) is 8.68. The van der Waals surface area contributed by atoms with Gasteiger partial charge >= 0.3 is 0 Å². The van der Waals surface area contributed by atoms with Crippen molar-refractivity contribution in [2.24, 2.45) is 0 Å². The molecular weight excluding hydrogens is 298 g/mol. The molecule has 0 spiro atoms. The fourth-order valence-corrected chi connectivity index (χ4v) is 2.56. The Morgan fingerprint density at radius 1 is 1.12 bits per heavy atom. The van der Waals surface area contributed by atoms with Gasteiger partial charge in [0, 0.05) is 6.54 Å². The zero-order valence-corrected chi connectivity index (χ0v) is 14.8. The topological polar surface area (TPSA) is 38.3 Å². The van der Waals surface area contributed by atoms with Crippen LogP contribution in [-0.4, -0.2) is 18.6 Å². The van der Waals surface area contributed by atoms with Gasteiger partial charge in [0.15, 0.2) is 6.10 Å². The van der Waals surface area contributed by atoms with Crippen LogP contribution in [0.2, 0.25) is 0 Å². The Kier molecular flexibility index (Phi) is 6.86. The zero-order valence-electron chi connectivity index (χ0n) is 14.8. The van der Waals surface area contributed by atoms with Gasteiger partial charge in [-0.1, -0.05) is 55.0 Å². The number of aryl methyl sites for hydroxylation is 3. The third kappa shape index (κ3) is 5.41. The van der Waals surface area contributed by atoms with E-state index in [4.69, 9.17) is 4.74 Å². The lowest BCUT2D eigenvalue weighted by atomic mass is 10.1. The molecule has 0 aliphatic heterocycles. The summed E-state index contributed by atoms with van der Waals surface area (Å²) in [5.41, 5.74) is 3.69. The van der Waals surface area contributed by atoms with Crippen LogP contribution in [0.3, 0.4) is 0 Å². The molecule has 2 aromatic carbocycles. The number of carbonyl (C=O) groups excluding carboxylic acids is 1. The van der Waals surface area contributed by atoms with E-state index in [1.165, 1.54) is 11.1 Å². The predicted molar refractivity (Wildman–Crippen MR) is 98.4 cm³/mol. The number of rotatable bonds is 8. The van der Waals surface area contributed by atoms with Crippen molar-refractivity contribution in [3.8, 4) is 5.75 Å². The van der Waals surface area contributed by atoms with E-state index in [0.717, 1.165) is 30.6 Å². The van der Waals surface area contributed by atoms with E-state index < -0.39 is 6.10 Å². The Labute approximate surface area is 145 Å². The molecule has 3 nitrogen and oxygen atoms in total. The predicted octanol–water partition coefficient (Wildman–Crippen LogP) is 4.07. The van der Waals surface area contributed by atoms with E-state index in [2.05, 4.69) is 43.4 Å². The second kappa shape index (κ2) is 9.11. The number of hydrogen-bond donors (Lipinski definition) is 1. The van der Waals surface area contributed by atoms with Gasteiger partial charge in [-0.3, -0.25) is 4.79 Å². The van der Waals surface area contributed by atoms with E-state index in [1.54, 1.807) is 6.92 Å². The van der Waals surface area contributed by atoms with E-state index in [0.29, 0.717) is 6.54 Å². The minimum atomic E-state index is -0.489. The SMILES string of the molecule is CCc1ccccc1O[C@H](C)C(=O)NCCCc1ccc(C)cc1.